The predicted octanol–water partition coefficient (Wildman–Crippen LogP) is 4.69. The summed E-state index contributed by atoms with van der Waals surface area (Å²) in [5, 5.41) is 10.5. The van der Waals surface area contributed by atoms with Gasteiger partial charge in [0.2, 0.25) is 0 Å². The van der Waals surface area contributed by atoms with Crippen LogP contribution in [0.15, 0.2) is 55.2 Å². The first-order valence-electron chi connectivity index (χ1n) is 13.1. The van der Waals surface area contributed by atoms with Crippen molar-refractivity contribution in [3.8, 4) is 23.1 Å². The van der Waals surface area contributed by atoms with Gasteiger partial charge in [-0.05, 0) is 37.1 Å². The number of carbonyl (C=O) groups is 1. The maximum absolute atomic E-state index is 14.6. The van der Waals surface area contributed by atoms with Crippen molar-refractivity contribution >= 4 is 16.9 Å². The molecule has 0 bridgehead atoms. The fourth-order valence-corrected chi connectivity index (χ4v) is 5.90. The van der Waals surface area contributed by atoms with Gasteiger partial charge in [-0.1, -0.05) is 6.07 Å². The predicted molar refractivity (Wildman–Crippen MR) is 139 cm³/mol. The Morgan fingerprint density at radius 2 is 1.95 bits per heavy atom. The van der Waals surface area contributed by atoms with Crippen molar-refractivity contribution < 1.29 is 27.1 Å². The van der Waals surface area contributed by atoms with Crippen LogP contribution in [0.3, 0.4) is 0 Å². The monoisotopic (exact) mass is 567 g/mol. The number of ether oxygens (including phenoxy) is 1. The first-order valence-corrected chi connectivity index (χ1v) is 13.1. The van der Waals surface area contributed by atoms with Gasteiger partial charge in [0.15, 0.2) is 11.6 Å². The molecule has 5 heterocycles. The lowest BCUT2D eigenvalue weighted by molar-refractivity contribution is -0.275. The van der Waals surface area contributed by atoms with E-state index in [0.717, 1.165) is 40.5 Å². The van der Waals surface area contributed by atoms with Crippen LogP contribution in [-0.4, -0.2) is 73.8 Å². The van der Waals surface area contributed by atoms with Gasteiger partial charge < -0.3 is 19.2 Å². The Morgan fingerprint density at radius 1 is 1.17 bits per heavy atom. The van der Waals surface area contributed by atoms with Crippen molar-refractivity contribution in [3.63, 3.8) is 0 Å². The summed E-state index contributed by atoms with van der Waals surface area (Å²) < 4.78 is 58.2. The van der Waals surface area contributed by atoms with Crippen molar-refractivity contribution in [1.82, 2.24) is 29.3 Å². The molecule has 6 rings (SSSR count). The molecule has 41 heavy (non-hydrogen) atoms. The second kappa shape index (κ2) is 10.2. The number of piperidine rings is 1. The number of likely N-dealkylation sites (tertiary alicyclic amines) is 2. The zero-order chi connectivity index (χ0) is 28.8. The highest BCUT2D eigenvalue weighted by Gasteiger charge is 2.47. The van der Waals surface area contributed by atoms with Crippen LogP contribution in [0.25, 0.3) is 22.3 Å². The molecular formula is C28H25F4N7O2. The molecule has 9 nitrogen and oxygen atoms in total. The molecule has 2 fully saturated rings. The zero-order valence-electron chi connectivity index (χ0n) is 21.7. The molecule has 4 aromatic rings. The van der Waals surface area contributed by atoms with Crippen molar-refractivity contribution in [2.24, 2.45) is 0 Å². The van der Waals surface area contributed by atoms with Crippen LogP contribution in [0.2, 0.25) is 0 Å². The number of hydrogen-bond acceptors (Lipinski definition) is 6. The first-order chi connectivity index (χ1) is 19.7. The average Bonchev–Trinajstić information content (AvgIpc) is 3.61. The van der Waals surface area contributed by atoms with Gasteiger partial charge in [0.05, 0.1) is 29.3 Å². The molecule has 0 atom stereocenters. The number of nitrogens with one attached hydrogen (secondary N) is 1. The van der Waals surface area contributed by atoms with Crippen molar-refractivity contribution in [2.45, 2.75) is 37.2 Å². The van der Waals surface area contributed by atoms with Crippen LogP contribution in [0.1, 0.15) is 29.6 Å². The zero-order valence-corrected chi connectivity index (χ0v) is 21.7. The quantitative estimate of drug-likeness (QED) is 0.339. The van der Waals surface area contributed by atoms with Crippen LogP contribution in [0, 0.1) is 17.1 Å². The minimum atomic E-state index is -5.06. The maximum Gasteiger partial charge on any atom is 0.573 e. The highest BCUT2D eigenvalue weighted by molar-refractivity contribution is 5.95. The van der Waals surface area contributed by atoms with Crippen LogP contribution >= 0.6 is 0 Å². The molecule has 2 aliphatic rings. The largest absolute Gasteiger partial charge is 0.573 e. The third-order valence-corrected chi connectivity index (χ3v) is 7.96. The van der Waals surface area contributed by atoms with Crippen LogP contribution in [0.5, 0.6) is 5.75 Å². The summed E-state index contributed by atoms with van der Waals surface area (Å²) in [6.45, 7) is 1.98. The number of halogens is 4. The van der Waals surface area contributed by atoms with E-state index in [2.05, 4.69) is 35.2 Å². The van der Waals surface area contributed by atoms with Gasteiger partial charge in [-0.15, -0.1) is 13.2 Å². The smallest absolute Gasteiger partial charge is 0.403 e. The number of carbonyl (C=O) groups excluding carboxylic acids is 1. The number of benzene rings is 1. The molecule has 0 radical (unpaired) electrons. The molecule has 2 saturated heterocycles. The van der Waals surface area contributed by atoms with Gasteiger partial charge in [-0.2, -0.15) is 5.26 Å². The third-order valence-electron chi connectivity index (χ3n) is 7.96. The number of H-pyrrole nitrogens is 1. The van der Waals surface area contributed by atoms with Crippen LogP contribution in [-0.2, 0) is 5.54 Å². The van der Waals surface area contributed by atoms with Crippen molar-refractivity contribution in [2.75, 3.05) is 26.2 Å². The summed E-state index contributed by atoms with van der Waals surface area (Å²) in [4.78, 5) is 28.5. The molecule has 0 unspecified atom stereocenters. The van der Waals surface area contributed by atoms with Gasteiger partial charge in [-0.3, -0.25) is 9.69 Å². The number of rotatable bonds is 6. The van der Waals surface area contributed by atoms with Crippen molar-refractivity contribution in [3.05, 3.63) is 66.6 Å². The number of fused-ring (bicyclic) bond motifs is 1. The summed E-state index contributed by atoms with van der Waals surface area (Å²) in [5.74, 6) is -3.03. The third kappa shape index (κ3) is 4.99. The molecule has 0 spiro atoms. The van der Waals surface area contributed by atoms with E-state index in [0.29, 0.717) is 45.4 Å². The number of hydrogen-bond donors (Lipinski definition) is 1. The van der Waals surface area contributed by atoms with E-state index in [1.54, 1.807) is 0 Å². The number of alkyl halides is 3. The molecular weight excluding hydrogens is 542 g/mol. The summed E-state index contributed by atoms with van der Waals surface area (Å²) in [7, 11) is 0. The number of aromatic nitrogens is 4. The Kier molecular flexibility index (Phi) is 6.65. The Bertz CT molecular complexity index is 1630. The van der Waals surface area contributed by atoms with E-state index in [4.69, 9.17) is 0 Å². The molecule has 1 N–H and O–H groups in total. The number of nitriles is 1. The van der Waals surface area contributed by atoms with E-state index in [-0.39, 0.29) is 6.04 Å². The van der Waals surface area contributed by atoms with E-state index in [9.17, 15) is 27.6 Å². The topological polar surface area (TPSA) is 103 Å². The van der Waals surface area contributed by atoms with Gasteiger partial charge in [0, 0.05) is 61.8 Å². The summed E-state index contributed by atoms with van der Waals surface area (Å²) in [6, 6.07) is 9.55. The summed E-state index contributed by atoms with van der Waals surface area (Å²) in [5.41, 5.74) is 1.64. The number of nitrogens with zero attached hydrogens (tertiary/aromatic N) is 6. The van der Waals surface area contributed by atoms with Gasteiger partial charge in [0.1, 0.15) is 12.0 Å². The lowest BCUT2D eigenvalue weighted by Gasteiger charge is -2.54. The van der Waals surface area contributed by atoms with Gasteiger partial charge in [0.25, 0.3) is 5.91 Å². The molecule has 2 aliphatic heterocycles. The Hall–Kier alpha value is -4.44. The molecule has 212 valence electrons. The lowest BCUT2D eigenvalue weighted by Crippen LogP contribution is -2.66. The molecule has 1 aromatic carbocycles. The fourth-order valence-electron chi connectivity index (χ4n) is 5.90. The molecule has 0 aliphatic carbocycles. The molecule has 0 saturated carbocycles. The summed E-state index contributed by atoms with van der Waals surface area (Å²) >= 11 is 0. The average molecular weight is 568 g/mol. The SMILES string of the molecule is N#CCC1(n2ccc(-c3ncnc4[nH]ccc34)c2)CN(C2CCN(C(=O)c3cccc(OC(F)(F)F)c3F)CC2)C1. The van der Waals surface area contributed by atoms with E-state index >= 15 is 0 Å². The minimum Gasteiger partial charge on any atom is -0.403 e. The van der Waals surface area contributed by atoms with E-state index < -0.39 is 34.9 Å². The minimum absolute atomic E-state index is 0.159. The van der Waals surface area contributed by atoms with Gasteiger partial charge >= 0.3 is 6.36 Å². The van der Waals surface area contributed by atoms with E-state index in [1.165, 1.54) is 11.2 Å². The van der Waals surface area contributed by atoms with Crippen LogP contribution < -0.4 is 4.74 Å². The molecule has 3 aromatic heterocycles. The second-order valence-corrected chi connectivity index (χ2v) is 10.4. The molecule has 13 heteroatoms. The summed E-state index contributed by atoms with van der Waals surface area (Å²) in [6.07, 6.45) is 3.82. The number of amides is 1. The lowest BCUT2D eigenvalue weighted by atomic mass is 9.83. The number of aromatic amines is 1. The first kappa shape index (κ1) is 26.8. The maximum atomic E-state index is 14.6. The standard InChI is InChI=1S/C28H25F4N7O2/c29-23-20(2-1-3-22(23)41-28(30,31)32)26(40)37-11-6-19(7-12-37)38-15-27(16-38,8-9-33)39-13-5-18(14-39)24-21-4-10-34-25(21)36-17-35-24/h1-5,10,13-14,17,19H,6-8,11-12,15-16H2,(H,34,35,36). The Labute approximate surface area is 232 Å². The molecule has 1 amide bonds. The second-order valence-electron chi connectivity index (χ2n) is 10.4. The Balaban J connectivity index is 1.10. The van der Waals surface area contributed by atoms with Crippen molar-refractivity contribution in [1.29, 1.82) is 5.26 Å². The van der Waals surface area contributed by atoms with Crippen LogP contribution in [0.4, 0.5) is 17.6 Å². The normalized spacial score (nSPS) is 17.8. The Morgan fingerprint density at radius 3 is 2.68 bits per heavy atom. The highest BCUT2D eigenvalue weighted by atomic mass is 19.4. The van der Waals surface area contributed by atoms with Gasteiger partial charge in [-0.25, -0.2) is 14.4 Å². The fraction of sp³-hybridized carbons (Fsp3) is 0.357. The van der Waals surface area contributed by atoms with E-state index in [1.807, 2.05) is 30.7 Å². The highest BCUT2D eigenvalue weighted by Crippen LogP contribution is 2.38.